The molecule has 0 saturated heterocycles. The summed E-state index contributed by atoms with van der Waals surface area (Å²) in [6, 6.07) is 13.0. The minimum Gasteiger partial charge on any atom is -0.493 e. The fourth-order valence-corrected chi connectivity index (χ4v) is 2.91. The van der Waals surface area contributed by atoms with Crippen molar-refractivity contribution in [3.8, 4) is 23.8 Å². The first-order valence-corrected chi connectivity index (χ1v) is 10.3. The summed E-state index contributed by atoms with van der Waals surface area (Å²) >= 11 is 3.39. The second kappa shape index (κ2) is 13.7. The quantitative estimate of drug-likeness (QED) is 0.341. The van der Waals surface area contributed by atoms with Crippen molar-refractivity contribution in [3.63, 3.8) is 0 Å². The molecule has 1 unspecified atom stereocenters. The van der Waals surface area contributed by atoms with E-state index in [1.807, 2.05) is 36.4 Å². The maximum atomic E-state index is 12.2. The van der Waals surface area contributed by atoms with E-state index >= 15 is 0 Å². The number of carbonyl (C=O) groups is 1. The van der Waals surface area contributed by atoms with E-state index in [1.165, 1.54) is 7.11 Å². The van der Waals surface area contributed by atoms with Gasteiger partial charge in [0.2, 0.25) is 5.91 Å². The summed E-state index contributed by atoms with van der Waals surface area (Å²) in [7, 11) is 3.09. The molecule has 0 fully saturated rings. The summed E-state index contributed by atoms with van der Waals surface area (Å²) in [5, 5.41) is 2.83. The molecule has 0 heterocycles. The van der Waals surface area contributed by atoms with E-state index in [0.29, 0.717) is 24.5 Å². The van der Waals surface area contributed by atoms with Crippen LogP contribution in [0.3, 0.4) is 0 Å². The number of amides is 1. The lowest BCUT2D eigenvalue weighted by Crippen LogP contribution is -2.30. The summed E-state index contributed by atoms with van der Waals surface area (Å²) in [5.41, 5.74) is 1.77. The van der Waals surface area contributed by atoms with E-state index in [4.69, 9.17) is 30.1 Å². The van der Waals surface area contributed by atoms with Crippen LogP contribution in [0.15, 0.2) is 46.9 Å². The Morgan fingerprint density at radius 1 is 1.13 bits per heavy atom. The molecule has 0 aliphatic heterocycles. The Kier molecular flexibility index (Phi) is 10.9. The van der Waals surface area contributed by atoms with Crippen molar-refractivity contribution in [2.75, 3.05) is 40.8 Å². The lowest BCUT2D eigenvalue weighted by molar-refractivity contribution is -0.194. The number of methoxy groups -OCH3 is 2. The van der Waals surface area contributed by atoms with E-state index < -0.39 is 6.29 Å². The Morgan fingerprint density at radius 3 is 2.58 bits per heavy atom. The number of hydrogen-bond acceptors (Lipinski definition) is 6. The highest BCUT2D eigenvalue weighted by molar-refractivity contribution is 9.10. The van der Waals surface area contributed by atoms with Crippen molar-refractivity contribution < 1.29 is 28.5 Å². The number of rotatable bonds is 13. The van der Waals surface area contributed by atoms with Gasteiger partial charge in [-0.1, -0.05) is 40.0 Å². The van der Waals surface area contributed by atoms with Gasteiger partial charge in [-0.3, -0.25) is 4.79 Å². The third-order valence-corrected chi connectivity index (χ3v) is 4.65. The van der Waals surface area contributed by atoms with Gasteiger partial charge in [0, 0.05) is 23.7 Å². The van der Waals surface area contributed by atoms with Gasteiger partial charge in [-0.25, -0.2) is 0 Å². The maximum Gasteiger partial charge on any atom is 0.246 e. The average Bonchev–Trinajstić information content (AvgIpc) is 2.79. The third-order valence-electron chi connectivity index (χ3n) is 4.12. The van der Waals surface area contributed by atoms with Crippen LogP contribution in [0.25, 0.3) is 0 Å². The molecule has 0 aliphatic rings. The predicted octanol–water partition coefficient (Wildman–Crippen LogP) is 3.46. The van der Waals surface area contributed by atoms with Gasteiger partial charge in [0.15, 0.2) is 17.8 Å². The number of carbonyl (C=O) groups excluding carboxylic acids is 1. The first-order chi connectivity index (χ1) is 15.1. The number of nitrogens with one attached hydrogen (secondary N) is 1. The van der Waals surface area contributed by atoms with Gasteiger partial charge in [-0.05, 0) is 36.2 Å². The molecule has 0 saturated carbocycles. The van der Waals surface area contributed by atoms with Crippen LogP contribution in [0, 0.1) is 12.3 Å². The Balaban J connectivity index is 1.82. The Hall–Kier alpha value is -2.57. The number of ether oxygens (including phenoxy) is 5. The average molecular weight is 492 g/mol. The zero-order chi connectivity index (χ0) is 22.5. The van der Waals surface area contributed by atoms with E-state index in [1.54, 1.807) is 13.2 Å². The monoisotopic (exact) mass is 491 g/mol. The van der Waals surface area contributed by atoms with Gasteiger partial charge in [0.1, 0.15) is 20.0 Å². The smallest absolute Gasteiger partial charge is 0.246 e. The maximum absolute atomic E-state index is 12.2. The van der Waals surface area contributed by atoms with Crippen LogP contribution < -0.4 is 14.8 Å². The van der Waals surface area contributed by atoms with Crippen LogP contribution in [0.2, 0.25) is 0 Å². The SMILES string of the molecule is C#CCOc1ccc(CCNC(=O)COC(OCOC)c2ccc(Br)cc2)cc1OC. The first kappa shape index (κ1) is 24.7. The minimum atomic E-state index is -0.710. The summed E-state index contributed by atoms with van der Waals surface area (Å²) in [6.45, 7) is 0.511. The Labute approximate surface area is 191 Å². The number of benzene rings is 2. The lowest BCUT2D eigenvalue weighted by atomic mass is 10.1. The van der Waals surface area contributed by atoms with Crippen LogP contribution in [0.1, 0.15) is 17.4 Å². The molecule has 8 heteroatoms. The van der Waals surface area contributed by atoms with Crippen LogP contribution in [0.5, 0.6) is 11.5 Å². The molecule has 2 aromatic rings. The molecule has 2 aromatic carbocycles. The van der Waals surface area contributed by atoms with E-state index in [-0.39, 0.29) is 25.9 Å². The molecule has 0 spiro atoms. The second-order valence-corrected chi connectivity index (χ2v) is 7.26. The lowest BCUT2D eigenvalue weighted by Gasteiger charge is -2.18. The highest BCUT2D eigenvalue weighted by Crippen LogP contribution is 2.28. The molecular weight excluding hydrogens is 466 g/mol. The fourth-order valence-electron chi connectivity index (χ4n) is 2.65. The number of hydrogen-bond donors (Lipinski definition) is 1. The summed E-state index contributed by atoms with van der Waals surface area (Å²) in [4.78, 5) is 12.2. The fraction of sp³-hybridized carbons (Fsp3) is 0.348. The highest BCUT2D eigenvalue weighted by atomic mass is 79.9. The predicted molar refractivity (Wildman–Crippen MR) is 120 cm³/mol. The van der Waals surface area contributed by atoms with Crippen molar-refractivity contribution in [1.82, 2.24) is 5.32 Å². The van der Waals surface area contributed by atoms with E-state index in [9.17, 15) is 4.79 Å². The molecule has 1 amide bonds. The van der Waals surface area contributed by atoms with Gasteiger partial charge in [0.05, 0.1) is 7.11 Å². The molecule has 0 aliphatic carbocycles. The Bertz CT molecular complexity index is 865. The number of halogens is 1. The topological polar surface area (TPSA) is 75.3 Å². The Morgan fingerprint density at radius 2 is 1.90 bits per heavy atom. The van der Waals surface area contributed by atoms with Crippen molar-refractivity contribution >= 4 is 21.8 Å². The molecule has 1 N–H and O–H groups in total. The van der Waals surface area contributed by atoms with Crippen LogP contribution >= 0.6 is 15.9 Å². The normalized spacial score (nSPS) is 11.4. The molecule has 0 bridgehead atoms. The van der Waals surface area contributed by atoms with E-state index in [2.05, 4.69) is 27.2 Å². The minimum absolute atomic E-state index is 0.0469. The molecular formula is C23H26BrNO6. The molecule has 1 atom stereocenters. The van der Waals surface area contributed by atoms with Crippen LogP contribution in [-0.2, 0) is 25.4 Å². The van der Waals surface area contributed by atoms with Gasteiger partial charge >= 0.3 is 0 Å². The van der Waals surface area contributed by atoms with Crippen molar-refractivity contribution in [1.29, 1.82) is 0 Å². The van der Waals surface area contributed by atoms with Gasteiger partial charge < -0.3 is 29.0 Å². The summed E-state index contributed by atoms with van der Waals surface area (Å²) in [5.74, 6) is 3.34. The zero-order valence-electron chi connectivity index (χ0n) is 17.6. The van der Waals surface area contributed by atoms with Gasteiger partial charge in [-0.15, -0.1) is 6.42 Å². The largest absolute Gasteiger partial charge is 0.493 e. The van der Waals surface area contributed by atoms with E-state index in [0.717, 1.165) is 15.6 Å². The summed E-state index contributed by atoms with van der Waals surface area (Å²) in [6.07, 6.45) is 5.13. The van der Waals surface area contributed by atoms with Crippen molar-refractivity contribution in [2.45, 2.75) is 12.7 Å². The molecule has 166 valence electrons. The van der Waals surface area contributed by atoms with Crippen LogP contribution in [-0.4, -0.2) is 46.7 Å². The summed E-state index contributed by atoms with van der Waals surface area (Å²) < 4.78 is 27.8. The molecule has 2 rings (SSSR count). The highest BCUT2D eigenvalue weighted by Gasteiger charge is 2.15. The van der Waals surface area contributed by atoms with Gasteiger partial charge in [-0.2, -0.15) is 0 Å². The molecule has 0 radical (unpaired) electrons. The first-order valence-electron chi connectivity index (χ1n) is 9.54. The number of terminal acetylenes is 1. The second-order valence-electron chi connectivity index (χ2n) is 6.35. The molecule has 31 heavy (non-hydrogen) atoms. The van der Waals surface area contributed by atoms with Gasteiger partial charge in [0.25, 0.3) is 0 Å². The molecule has 0 aromatic heterocycles. The van der Waals surface area contributed by atoms with Crippen molar-refractivity contribution in [3.05, 3.63) is 58.1 Å². The van der Waals surface area contributed by atoms with Crippen LogP contribution in [0.4, 0.5) is 0 Å². The third kappa shape index (κ3) is 8.59. The molecule has 7 nitrogen and oxygen atoms in total. The zero-order valence-corrected chi connectivity index (χ0v) is 19.1. The standard InChI is InChI=1S/C23H26BrNO6/c1-4-13-29-20-10-5-17(14-21(20)28-3)11-12-25-22(26)15-30-23(31-16-27-2)18-6-8-19(24)9-7-18/h1,5-10,14,23H,11-13,15-16H2,2-3H3,(H,25,26). The van der Waals surface area contributed by atoms with Crippen molar-refractivity contribution in [2.24, 2.45) is 0 Å².